The second kappa shape index (κ2) is 8.50. The summed E-state index contributed by atoms with van der Waals surface area (Å²) in [6.45, 7) is 8.02. The Hall–Kier alpha value is -2.03. The van der Waals surface area contributed by atoms with E-state index in [-0.39, 0.29) is 5.41 Å². The minimum absolute atomic E-state index is 0.250. The molecule has 5 aliphatic rings. The largest absolute Gasteiger partial charge is 0.360 e. The summed E-state index contributed by atoms with van der Waals surface area (Å²) < 4.78 is 19.0. The van der Waals surface area contributed by atoms with E-state index in [4.69, 9.17) is 24.0 Å². The molecule has 36 heavy (non-hydrogen) atoms. The van der Waals surface area contributed by atoms with E-state index in [0.29, 0.717) is 31.1 Å². The lowest BCUT2D eigenvalue weighted by atomic mass is 9.61. The number of likely N-dealkylation sites (tertiary alicyclic amines) is 1. The molecule has 8 nitrogen and oxygen atoms in total. The van der Waals surface area contributed by atoms with E-state index in [2.05, 4.69) is 35.9 Å². The molecule has 0 aromatic carbocycles. The van der Waals surface area contributed by atoms with Gasteiger partial charge in [-0.2, -0.15) is 0 Å². The van der Waals surface area contributed by atoms with E-state index in [1.165, 1.54) is 36.9 Å². The standard InChI is InChI=1S/C28H39N5O3/c1-18-20-10-15-33(19(2)22-9-7-14-32(22)3)26(20)30-25(29-18)23-21-8-6-12-27(24(21)36-31-23)11-4-5-13-28(27)34-16-17-35-28/h19,22H,4-17H2,1-3H3/t19?,22-,27-/m0/s1. The molecule has 0 amide bonds. The maximum atomic E-state index is 6.37. The van der Waals surface area contributed by atoms with Crippen LogP contribution in [0, 0.1) is 6.92 Å². The third-order valence-corrected chi connectivity index (χ3v) is 10.00. The Morgan fingerprint density at radius 1 is 0.944 bits per heavy atom. The lowest BCUT2D eigenvalue weighted by Gasteiger charge is -2.50. The molecule has 5 heterocycles. The van der Waals surface area contributed by atoms with Crippen molar-refractivity contribution in [2.24, 2.45) is 0 Å². The summed E-state index contributed by atoms with van der Waals surface area (Å²) in [7, 11) is 2.26. The number of ether oxygens (including phenoxy) is 2. The highest BCUT2D eigenvalue weighted by Crippen LogP contribution is 2.57. The molecular formula is C28H39N5O3. The molecule has 2 saturated heterocycles. The maximum Gasteiger partial charge on any atom is 0.184 e. The zero-order valence-electron chi connectivity index (χ0n) is 22.0. The van der Waals surface area contributed by atoms with Crippen molar-refractivity contribution in [2.75, 3.05) is 38.3 Å². The maximum absolute atomic E-state index is 6.37. The molecule has 2 spiro atoms. The SMILES string of the molecule is Cc1nc(-c2noc3c2CCC[C@@]32CCCCC23OCCO3)nc2c1CCN2C(C)[C@@H]1CCCN1C. The van der Waals surface area contributed by atoms with Gasteiger partial charge in [0.05, 0.1) is 18.6 Å². The Labute approximate surface area is 213 Å². The summed E-state index contributed by atoms with van der Waals surface area (Å²) in [4.78, 5) is 15.2. The van der Waals surface area contributed by atoms with Crippen LogP contribution in [0.3, 0.4) is 0 Å². The Bertz CT molecular complexity index is 1160. The van der Waals surface area contributed by atoms with E-state index in [1.54, 1.807) is 0 Å². The molecule has 0 bridgehead atoms. The van der Waals surface area contributed by atoms with E-state index in [1.807, 2.05) is 0 Å². The van der Waals surface area contributed by atoms with Crippen molar-refractivity contribution in [3.05, 3.63) is 22.6 Å². The number of rotatable bonds is 3. The van der Waals surface area contributed by atoms with Crippen molar-refractivity contribution in [1.29, 1.82) is 0 Å². The van der Waals surface area contributed by atoms with Crippen LogP contribution in [-0.2, 0) is 27.7 Å². The van der Waals surface area contributed by atoms with Crippen LogP contribution in [0.2, 0.25) is 0 Å². The van der Waals surface area contributed by atoms with E-state index >= 15 is 0 Å². The Balaban J connectivity index is 1.28. The van der Waals surface area contributed by atoms with Gasteiger partial charge in [0, 0.05) is 41.9 Å². The number of aryl methyl sites for hydroxylation is 1. The third-order valence-electron chi connectivity index (χ3n) is 10.00. The fourth-order valence-corrected chi connectivity index (χ4v) is 8.17. The molecule has 3 aliphatic heterocycles. The van der Waals surface area contributed by atoms with Crippen molar-refractivity contribution in [1.82, 2.24) is 20.0 Å². The van der Waals surface area contributed by atoms with Crippen molar-refractivity contribution in [3.8, 4) is 11.5 Å². The second-order valence-electron chi connectivity index (χ2n) is 11.7. The molecule has 2 aromatic rings. The number of likely N-dealkylation sites (N-methyl/N-ethyl adjacent to an activating group) is 1. The van der Waals surface area contributed by atoms with Crippen molar-refractivity contribution >= 4 is 5.82 Å². The topological polar surface area (TPSA) is 76.8 Å². The highest BCUT2D eigenvalue weighted by Gasteiger charge is 2.61. The van der Waals surface area contributed by atoms with E-state index in [9.17, 15) is 0 Å². The fraction of sp³-hybridized carbons (Fsp3) is 0.750. The average Bonchev–Trinajstić information content (AvgIpc) is 3.67. The predicted octanol–water partition coefficient (Wildman–Crippen LogP) is 4.18. The van der Waals surface area contributed by atoms with Gasteiger partial charge in [0.25, 0.3) is 0 Å². The molecule has 0 radical (unpaired) electrons. The molecule has 8 heteroatoms. The molecule has 7 rings (SSSR count). The van der Waals surface area contributed by atoms with Crippen LogP contribution in [0.25, 0.3) is 11.5 Å². The van der Waals surface area contributed by atoms with Crippen LogP contribution in [0.5, 0.6) is 0 Å². The van der Waals surface area contributed by atoms with Gasteiger partial charge in [0.15, 0.2) is 23.1 Å². The predicted molar refractivity (Wildman–Crippen MR) is 136 cm³/mol. The van der Waals surface area contributed by atoms with Gasteiger partial charge < -0.3 is 23.8 Å². The fourth-order valence-electron chi connectivity index (χ4n) is 8.17. The quantitative estimate of drug-likeness (QED) is 0.630. The Morgan fingerprint density at radius 3 is 2.56 bits per heavy atom. The summed E-state index contributed by atoms with van der Waals surface area (Å²) in [6, 6.07) is 0.998. The minimum atomic E-state index is -0.564. The molecule has 2 aromatic heterocycles. The van der Waals surface area contributed by atoms with Crippen LogP contribution < -0.4 is 4.90 Å². The highest BCUT2D eigenvalue weighted by molar-refractivity contribution is 5.64. The number of aromatic nitrogens is 3. The minimum Gasteiger partial charge on any atom is -0.360 e. The number of hydrogen-bond acceptors (Lipinski definition) is 8. The zero-order valence-corrected chi connectivity index (χ0v) is 22.0. The second-order valence-corrected chi connectivity index (χ2v) is 11.7. The molecule has 3 fully saturated rings. The van der Waals surface area contributed by atoms with Crippen molar-refractivity contribution in [3.63, 3.8) is 0 Å². The Kier molecular flexibility index (Phi) is 5.46. The van der Waals surface area contributed by atoms with Gasteiger partial charge in [0.2, 0.25) is 0 Å². The van der Waals surface area contributed by atoms with Crippen LogP contribution in [-0.4, -0.2) is 71.2 Å². The molecule has 1 saturated carbocycles. The number of nitrogens with zero attached hydrogens (tertiary/aromatic N) is 5. The lowest BCUT2D eigenvalue weighted by Crippen LogP contribution is -2.56. The molecular weight excluding hydrogens is 454 g/mol. The molecule has 2 aliphatic carbocycles. The first-order valence-electron chi connectivity index (χ1n) is 14.1. The van der Waals surface area contributed by atoms with Crippen LogP contribution in [0.4, 0.5) is 5.82 Å². The normalized spacial score (nSPS) is 30.3. The first-order chi connectivity index (χ1) is 17.5. The number of fused-ring (bicyclic) bond motifs is 4. The summed E-state index contributed by atoms with van der Waals surface area (Å²) in [6.07, 6.45) is 10.9. The number of hydrogen-bond donors (Lipinski definition) is 0. The van der Waals surface area contributed by atoms with Gasteiger partial charge in [-0.05, 0) is 78.8 Å². The van der Waals surface area contributed by atoms with Gasteiger partial charge in [-0.15, -0.1) is 0 Å². The smallest absolute Gasteiger partial charge is 0.184 e. The van der Waals surface area contributed by atoms with Crippen molar-refractivity contribution in [2.45, 2.75) is 101 Å². The summed E-state index contributed by atoms with van der Waals surface area (Å²) in [5.41, 5.74) is 4.11. The van der Waals surface area contributed by atoms with Gasteiger partial charge >= 0.3 is 0 Å². The monoisotopic (exact) mass is 493 g/mol. The molecule has 3 atom stereocenters. The summed E-state index contributed by atoms with van der Waals surface area (Å²) >= 11 is 0. The molecule has 1 unspecified atom stereocenters. The van der Waals surface area contributed by atoms with Gasteiger partial charge in [-0.3, -0.25) is 0 Å². The first kappa shape index (κ1) is 23.1. The van der Waals surface area contributed by atoms with Crippen LogP contribution in [0.15, 0.2) is 4.52 Å². The van der Waals surface area contributed by atoms with Crippen LogP contribution in [0.1, 0.15) is 80.9 Å². The molecule has 0 N–H and O–H groups in total. The van der Waals surface area contributed by atoms with E-state index < -0.39 is 5.79 Å². The zero-order chi connectivity index (χ0) is 24.5. The number of anilines is 1. The lowest BCUT2D eigenvalue weighted by molar-refractivity contribution is -0.235. The van der Waals surface area contributed by atoms with Gasteiger partial charge in [-0.25, -0.2) is 9.97 Å². The average molecular weight is 494 g/mol. The summed E-state index contributed by atoms with van der Waals surface area (Å²) in [5, 5.41) is 4.66. The summed E-state index contributed by atoms with van der Waals surface area (Å²) in [5.74, 6) is 2.23. The van der Waals surface area contributed by atoms with Gasteiger partial charge in [0.1, 0.15) is 5.82 Å². The van der Waals surface area contributed by atoms with Crippen LogP contribution >= 0.6 is 0 Å². The van der Waals surface area contributed by atoms with Gasteiger partial charge in [-0.1, -0.05) is 11.6 Å². The first-order valence-corrected chi connectivity index (χ1v) is 14.1. The molecule has 194 valence electrons. The Morgan fingerprint density at radius 2 is 1.75 bits per heavy atom. The van der Waals surface area contributed by atoms with Crippen molar-refractivity contribution < 1.29 is 14.0 Å². The van der Waals surface area contributed by atoms with E-state index in [0.717, 1.165) is 74.5 Å². The highest BCUT2D eigenvalue weighted by atomic mass is 16.7. The third kappa shape index (κ3) is 3.19.